The summed E-state index contributed by atoms with van der Waals surface area (Å²) in [5, 5.41) is 0. The van der Waals surface area contributed by atoms with Crippen molar-refractivity contribution < 1.29 is 0 Å². The summed E-state index contributed by atoms with van der Waals surface area (Å²) in [6, 6.07) is 0. The lowest BCUT2D eigenvalue weighted by Crippen LogP contribution is -2.30. The minimum atomic E-state index is 0.363. The molecule has 0 spiro atoms. The molecule has 1 aliphatic rings. The van der Waals surface area contributed by atoms with Crippen molar-refractivity contribution in [3.8, 4) is 0 Å². The summed E-state index contributed by atoms with van der Waals surface area (Å²) in [5.74, 6) is 1.63. The summed E-state index contributed by atoms with van der Waals surface area (Å²) in [7, 11) is 0. The molecule has 0 aromatic rings. The van der Waals surface area contributed by atoms with Gasteiger partial charge in [-0.05, 0) is 49.5 Å². The average molecular weight is 206 g/mol. The normalized spacial score (nSPS) is 31.3. The number of allylic oxidation sites excluding steroid dienone is 4. The maximum absolute atomic E-state index is 2.41. The monoisotopic (exact) mass is 206 g/mol. The van der Waals surface area contributed by atoms with Crippen LogP contribution < -0.4 is 0 Å². The first kappa shape index (κ1) is 12.5. The van der Waals surface area contributed by atoms with Gasteiger partial charge in [-0.1, -0.05) is 45.4 Å². The Morgan fingerprint density at radius 2 is 2.00 bits per heavy atom. The lowest BCUT2D eigenvalue weighted by atomic mass is 9.64. The van der Waals surface area contributed by atoms with E-state index in [1.165, 1.54) is 12.8 Å². The van der Waals surface area contributed by atoms with Gasteiger partial charge in [0.25, 0.3) is 0 Å². The van der Waals surface area contributed by atoms with Crippen LogP contribution in [0.15, 0.2) is 23.3 Å². The lowest BCUT2D eigenvalue weighted by Gasteiger charge is -2.41. The van der Waals surface area contributed by atoms with Gasteiger partial charge >= 0.3 is 0 Å². The molecule has 2 unspecified atom stereocenters. The van der Waals surface area contributed by atoms with Gasteiger partial charge in [0.1, 0.15) is 0 Å². The summed E-state index contributed by atoms with van der Waals surface area (Å²) in [5.41, 5.74) is 3.57. The van der Waals surface area contributed by atoms with Crippen LogP contribution >= 0.6 is 0 Å². The summed E-state index contributed by atoms with van der Waals surface area (Å²) in [6.07, 6.45) is 7.11. The van der Waals surface area contributed by atoms with Gasteiger partial charge in [-0.2, -0.15) is 0 Å². The summed E-state index contributed by atoms with van der Waals surface area (Å²) < 4.78 is 0. The Morgan fingerprint density at radius 3 is 2.47 bits per heavy atom. The van der Waals surface area contributed by atoms with E-state index in [0.29, 0.717) is 5.41 Å². The maximum Gasteiger partial charge on any atom is -0.0101 e. The third-order valence-electron chi connectivity index (χ3n) is 4.00. The van der Waals surface area contributed by atoms with Crippen molar-refractivity contribution >= 4 is 0 Å². The third kappa shape index (κ3) is 2.35. The fourth-order valence-electron chi connectivity index (χ4n) is 3.45. The van der Waals surface area contributed by atoms with E-state index in [1.54, 1.807) is 11.1 Å². The lowest BCUT2D eigenvalue weighted by molar-refractivity contribution is 0.240. The van der Waals surface area contributed by atoms with Crippen LogP contribution in [0.4, 0.5) is 0 Å². The summed E-state index contributed by atoms with van der Waals surface area (Å²) in [4.78, 5) is 0. The van der Waals surface area contributed by atoms with Crippen molar-refractivity contribution in [3.63, 3.8) is 0 Å². The largest absolute Gasteiger partial charge is 0.0874 e. The topological polar surface area (TPSA) is 0 Å². The fraction of sp³-hybridized carbons (Fsp3) is 0.733. The second-order valence-electron chi connectivity index (χ2n) is 5.68. The predicted octanol–water partition coefficient (Wildman–Crippen LogP) is 4.97. The molecule has 86 valence electrons. The zero-order chi connectivity index (χ0) is 11.6. The molecule has 0 amide bonds. The van der Waals surface area contributed by atoms with E-state index in [1.807, 2.05) is 0 Å². The van der Waals surface area contributed by atoms with Crippen molar-refractivity contribution in [3.05, 3.63) is 23.3 Å². The highest BCUT2D eigenvalue weighted by Crippen LogP contribution is 2.47. The van der Waals surface area contributed by atoms with Gasteiger partial charge in [-0.3, -0.25) is 0 Å². The highest BCUT2D eigenvalue weighted by atomic mass is 14.4. The first-order valence-electron chi connectivity index (χ1n) is 6.28. The van der Waals surface area contributed by atoms with E-state index >= 15 is 0 Å². The summed E-state index contributed by atoms with van der Waals surface area (Å²) >= 11 is 0. The third-order valence-corrected chi connectivity index (χ3v) is 4.00. The Labute approximate surface area is 95.5 Å². The zero-order valence-corrected chi connectivity index (χ0v) is 11.2. The van der Waals surface area contributed by atoms with Crippen molar-refractivity contribution in [1.82, 2.24) is 0 Å². The van der Waals surface area contributed by atoms with Crippen LogP contribution in [0.25, 0.3) is 0 Å². The molecule has 0 aromatic carbocycles. The minimum Gasteiger partial charge on any atom is -0.0874 e. The Balaban J connectivity index is 3.18. The molecule has 0 fully saturated rings. The molecule has 0 heteroatoms. The van der Waals surface area contributed by atoms with Crippen LogP contribution in [0.3, 0.4) is 0 Å². The second kappa shape index (κ2) is 4.55. The molecule has 2 atom stereocenters. The molecule has 0 nitrogen and oxygen atoms in total. The quantitative estimate of drug-likeness (QED) is 0.598. The maximum atomic E-state index is 2.41. The number of hydrogen-bond acceptors (Lipinski definition) is 0. The van der Waals surface area contributed by atoms with E-state index in [0.717, 1.165) is 11.8 Å². The minimum absolute atomic E-state index is 0.363. The van der Waals surface area contributed by atoms with Crippen molar-refractivity contribution in [1.29, 1.82) is 0 Å². The van der Waals surface area contributed by atoms with Gasteiger partial charge in [0.2, 0.25) is 0 Å². The molecule has 1 aliphatic carbocycles. The van der Waals surface area contributed by atoms with Crippen molar-refractivity contribution in [2.75, 3.05) is 0 Å². The molecular weight excluding hydrogens is 180 g/mol. The Morgan fingerprint density at radius 1 is 1.40 bits per heavy atom. The Bertz CT molecular complexity index is 278. The molecule has 0 aromatic heterocycles. The van der Waals surface area contributed by atoms with Gasteiger partial charge in [0, 0.05) is 0 Å². The van der Waals surface area contributed by atoms with Crippen LogP contribution in [-0.2, 0) is 0 Å². The van der Waals surface area contributed by atoms with E-state index in [4.69, 9.17) is 0 Å². The van der Waals surface area contributed by atoms with Crippen LogP contribution in [0, 0.1) is 17.3 Å². The van der Waals surface area contributed by atoms with Crippen LogP contribution in [0.1, 0.15) is 54.4 Å². The molecule has 0 saturated carbocycles. The molecule has 15 heavy (non-hydrogen) atoms. The van der Waals surface area contributed by atoms with E-state index < -0.39 is 0 Å². The number of rotatable bonds is 2. The van der Waals surface area contributed by atoms with E-state index in [9.17, 15) is 0 Å². The predicted molar refractivity (Wildman–Crippen MR) is 68.9 cm³/mol. The number of hydrogen-bond donors (Lipinski definition) is 0. The first-order valence-corrected chi connectivity index (χ1v) is 6.28. The fourth-order valence-corrected chi connectivity index (χ4v) is 3.45. The standard InChI is InChI=1S/C15H26/c1-7-9-14-12(4)13(8-2)11(3)10-15(14,5)6/h7,9,11,13H,8,10H2,1-6H3/b9-7+. The second-order valence-corrected chi connectivity index (χ2v) is 5.68. The smallest absolute Gasteiger partial charge is 0.0101 e. The van der Waals surface area contributed by atoms with Gasteiger partial charge in [0.05, 0.1) is 0 Å². The Kier molecular flexibility index (Phi) is 3.81. The molecule has 0 radical (unpaired) electrons. The molecule has 0 N–H and O–H groups in total. The molecular formula is C15H26. The van der Waals surface area contributed by atoms with Crippen LogP contribution in [0.2, 0.25) is 0 Å². The zero-order valence-electron chi connectivity index (χ0n) is 11.2. The first-order chi connectivity index (χ1) is 6.94. The molecule has 0 heterocycles. The Hall–Kier alpha value is -0.520. The molecule has 0 bridgehead atoms. The van der Waals surface area contributed by atoms with Gasteiger partial charge < -0.3 is 0 Å². The summed E-state index contributed by atoms with van der Waals surface area (Å²) in [6.45, 7) is 13.9. The highest BCUT2D eigenvalue weighted by Gasteiger charge is 2.35. The van der Waals surface area contributed by atoms with Gasteiger partial charge in [0.15, 0.2) is 0 Å². The van der Waals surface area contributed by atoms with E-state index in [2.05, 4.69) is 53.7 Å². The molecule has 0 aliphatic heterocycles. The van der Waals surface area contributed by atoms with Gasteiger partial charge in [-0.15, -0.1) is 0 Å². The van der Waals surface area contributed by atoms with Crippen LogP contribution in [-0.4, -0.2) is 0 Å². The van der Waals surface area contributed by atoms with Crippen molar-refractivity contribution in [2.45, 2.75) is 54.4 Å². The highest BCUT2D eigenvalue weighted by molar-refractivity contribution is 5.34. The SMILES string of the molecule is C/C=C/C1=C(C)C(CC)C(C)CC1(C)C. The van der Waals surface area contributed by atoms with E-state index in [-0.39, 0.29) is 0 Å². The van der Waals surface area contributed by atoms with Crippen LogP contribution in [0.5, 0.6) is 0 Å². The van der Waals surface area contributed by atoms with Gasteiger partial charge in [-0.25, -0.2) is 0 Å². The molecule has 0 saturated heterocycles. The molecule has 1 rings (SSSR count). The average Bonchev–Trinajstić information content (AvgIpc) is 2.12. The van der Waals surface area contributed by atoms with Crippen molar-refractivity contribution in [2.24, 2.45) is 17.3 Å².